The molecular weight excluding hydrogens is 310 g/mol. The molecule has 0 N–H and O–H groups in total. The number of halogens is 1. The molecule has 3 heterocycles. The van der Waals surface area contributed by atoms with Crippen molar-refractivity contribution in [3.05, 3.63) is 53.7 Å². The standard InChI is InChI=1S/C18H16ClN3O/c19-13-4-5-15-14(11-13)18(22-7-9-23-10-8-22)12-17(21-15)16-3-1-2-6-20-16/h1-6,11-12H,7-10H2. The van der Waals surface area contributed by atoms with Gasteiger partial charge < -0.3 is 9.64 Å². The average molecular weight is 326 g/mol. The third-order valence-corrected chi connectivity index (χ3v) is 4.26. The van der Waals surface area contributed by atoms with Crippen LogP contribution in [-0.2, 0) is 4.74 Å². The highest BCUT2D eigenvalue weighted by molar-refractivity contribution is 6.31. The first-order valence-electron chi connectivity index (χ1n) is 7.66. The summed E-state index contributed by atoms with van der Waals surface area (Å²) in [6, 6.07) is 13.8. The van der Waals surface area contributed by atoms with Gasteiger partial charge in [0.25, 0.3) is 0 Å². The van der Waals surface area contributed by atoms with Gasteiger partial charge in [-0.2, -0.15) is 0 Å². The van der Waals surface area contributed by atoms with Gasteiger partial charge in [0.05, 0.1) is 30.1 Å². The summed E-state index contributed by atoms with van der Waals surface area (Å²) in [6.07, 6.45) is 1.79. The lowest BCUT2D eigenvalue weighted by atomic mass is 10.1. The minimum Gasteiger partial charge on any atom is -0.378 e. The quantitative estimate of drug-likeness (QED) is 0.718. The number of pyridine rings is 2. The van der Waals surface area contributed by atoms with Gasteiger partial charge in [-0.25, -0.2) is 4.98 Å². The molecule has 0 unspecified atom stereocenters. The van der Waals surface area contributed by atoms with Crippen LogP contribution in [0, 0.1) is 0 Å². The van der Waals surface area contributed by atoms with Crippen LogP contribution in [-0.4, -0.2) is 36.3 Å². The van der Waals surface area contributed by atoms with Crippen LogP contribution < -0.4 is 4.90 Å². The van der Waals surface area contributed by atoms with E-state index in [1.807, 2.05) is 36.4 Å². The third kappa shape index (κ3) is 2.87. The lowest BCUT2D eigenvalue weighted by Gasteiger charge is -2.30. The molecule has 0 amide bonds. The average Bonchev–Trinajstić information content (AvgIpc) is 2.62. The van der Waals surface area contributed by atoms with Gasteiger partial charge in [0, 0.05) is 35.4 Å². The highest BCUT2D eigenvalue weighted by atomic mass is 35.5. The molecule has 23 heavy (non-hydrogen) atoms. The van der Waals surface area contributed by atoms with Crippen LogP contribution in [0.25, 0.3) is 22.3 Å². The summed E-state index contributed by atoms with van der Waals surface area (Å²) in [6.45, 7) is 3.22. The fourth-order valence-corrected chi connectivity index (χ4v) is 3.06. The van der Waals surface area contributed by atoms with E-state index in [0.717, 1.165) is 59.3 Å². The van der Waals surface area contributed by atoms with Crippen molar-refractivity contribution in [1.82, 2.24) is 9.97 Å². The van der Waals surface area contributed by atoms with E-state index in [0.29, 0.717) is 0 Å². The number of aromatic nitrogens is 2. The summed E-state index contributed by atoms with van der Waals surface area (Å²) in [5, 5.41) is 1.79. The molecule has 1 aliphatic heterocycles. The number of nitrogens with zero attached hydrogens (tertiary/aromatic N) is 3. The van der Waals surface area contributed by atoms with Crippen molar-refractivity contribution in [2.75, 3.05) is 31.2 Å². The second-order valence-electron chi connectivity index (χ2n) is 5.50. The first-order chi connectivity index (χ1) is 11.3. The molecular formula is C18H16ClN3O. The minimum atomic E-state index is 0.722. The van der Waals surface area contributed by atoms with Crippen molar-refractivity contribution in [2.24, 2.45) is 0 Å². The third-order valence-electron chi connectivity index (χ3n) is 4.03. The molecule has 1 saturated heterocycles. The molecule has 0 atom stereocenters. The molecule has 0 saturated carbocycles. The maximum absolute atomic E-state index is 6.20. The topological polar surface area (TPSA) is 38.2 Å². The first kappa shape index (κ1) is 14.4. The van der Waals surface area contributed by atoms with E-state index in [1.165, 1.54) is 0 Å². The summed E-state index contributed by atoms with van der Waals surface area (Å²) in [7, 11) is 0. The molecule has 2 aromatic heterocycles. The van der Waals surface area contributed by atoms with Crippen LogP contribution in [0.5, 0.6) is 0 Å². The molecule has 4 rings (SSSR count). The summed E-state index contributed by atoms with van der Waals surface area (Å²) >= 11 is 6.20. The molecule has 3 aromatic rings. The number of hydrogen-bond acceptors (Lipinski definition) is 4. The Morgan fingerprint density at radius 1 is 1.00 bits per heavy atom. The molecule has 0 radical (unpaired) electrons. The van der Waals surface area contributed by atoms with Crippen LogP contribution >= 0.6 is 11.6 Å². The van der Waals surface area contributed by atoms with Crippen molar-refractivity contribution >= 4 is 28.2 Å². The van der Waals surface area contributed by atoms with E-state index in [4.69, 9.17) is 21.3 Å². The summed E-state index contributed by atoms with van der Waals surface area (Å²) < 4.78 is 5.48. The van der Waals surface area contributed by atoms with Gasteiger partial charge >= 0.3 is 0 Å². The van der Waals surface area contributed by atoms with Crippen molar-refractivity contribution in [2.45, 2.75) is 0 Å². The van der Waals surface area contributed by atoms with Gasteiger partial charge in [-0.1, -0.05) is 17.7 Å². The maximum atomic E-state index is 6.20. The lowest BCUT2D eigenvalue weighted by molar-refractivity contribution is 0.123. The second-order valence-corrected chi connectivity index (χ2v) is 5.94. The molecule has 0 aliphatic carbocycles. The van der Waals surface area contributed by atoms with Crippen LogP contribution in [0.2, 0.25) is 5.02 Å². The Labute approximate surface area is 139 Å². The van der Waals surface area contributed by atoms with Gasteiger partial charge in [-0.05, 0) is 36.4 Å². The zero-order valence-electron chi connectivity index (χ0n) is 12.6. The van der Waals surface area contributed by atoms with Gasteiger partial charge in [0.2, 0.25) is 0 Å². The monoisotopic (exact) mass is 325 g/mol. The van der Waals surface area contributed by atoms with Crippen LogP contribution in [0.3, 0.4) is 0 Å². The van der Waals surface area contributed by atoms with Crippen LogP contribution in [0.1, 0.15) is 0 Å². The maximum Gasteiger partial charge on any atom is 0.0914 e. The number of morpholine rings is 1. The fourth-order valence-electron chi connectivity index (χ4n) is 2.89. The lowest BCUT2D eigenvalue weighted by Crippen LogP contribution is -2.36. The molecule has 4 nitrogen and oxygen atoms in total. The highest BCUT2D eigenvalue weighted by Crippen LogP contribution is 2.32. The smallest absolute Gasteiger partial charge is 0.0914 e. The normalized spacial score (nSPS) is 15.1. The SMILES string of the molecule is Clc1ccc2nc(-c3ccccn3)cc(N3CCOCC3)c2c1. The van der Waals surface area contributed by atoms with Crippen molar-refractivity contribution in [3.63, 3.8) is 0 Å². The van der Waals surface area contributed by atoms with Crippen LogP contribution in [0.4, 0.5) is 5.69 Å². The number of benzene rings is 1. The Morgan fingerprint density at radius 2 is 1.87 bits per heavy atom. The molecule has 5 heteroatoms. The van der Waals surface area contributed by atoms with Crippen molar-refractivity contribution < 1.29 is 4.74 Å². The number of anilines is 1. The predicted octanol–water partition coefficient (Wildman–Crippen LogP) is 3.79. The first-order valence-corrected chi connectivity index (χ1v) is 8.03. The number of rotatable bonds is 2. The summed E-state index contributed by atoms with van der Waals surface area (Å²) in [5.41, 5.74) is 3.82. The van der Waals surface area contributed by atoms with E-state index in [2.05, 4.69) is 16.0 Å². The summed E-state index contributed by atoms with van der Waals surface area (Å²) in [4.78, 5) is 11.5. The fraction of sp³-hybridized carbons (Fsp3) is 0.222. The van der Waals surface area contributed by atoms with Gasteiger partial charge in [0.15, 0.2) is 0 Å². The van der Waals surface area contributed by atoms with E-state index in [-0.39, 0.29) is 0 Å². The van der Waals surface area contributed by atoms with E-state index in [1.54, 1.807) is 6.20 Å². The molecule has 1 aliphatic rings. The highest BCUT2D eigenvalue weighted by Gasteiger charge is 2.17. The number of fused-ring (bicyclic) bond motifs is 1. The Hall–Kier alpha value is -2.17. The van der Waals surface area contributed by atoms with Gasteiger partial charge in [-0.3, -0.25) is 4.98 Å². The minimum absolute atomic E-state index is 0.722. The zero-order valence-corrected chi connectivity index (χ0v) is 13.3. The largest absolute Gasteiger partial charge is 0.378 e. The molecule has 0 spiro atoms. The Bertz CT molecular complexity index is 832. The van der Waals surface area contributed by atoms with E-state index in [9.17, 15) is 0 Å². The molecule has 116 valence electrons. The number of ether oxygens (including phenoxy) is 1. The van der Waals surface area contributed by atoms with E-state index < -0.39 is 0 Å². The Morgan fingerprint density at radius 3 is 2.65 bits per heavy atom. The predicted molar refractivity (Wildman–Crippen MR) is 93.0 cm³/mol. The summed E-state index contributed by atoms with van der Waals surface area (Å²) in [5.74, 6) is 0. The Kier molecular flexibility index (Phi) is 3.85. The van der Waals surface area contributed by atoms with Gasteiger partial charge in [0.1, 0.15) is 0 Å². The number of hydrogen-bond donors (Lipinski definition) is 0. The van der Waals surface area contributed by atoms with Crippen molar-refractivity contribution in [1.29, 1.82) is 0 Å². The molecule has 1 aromatic carbocycles. The van der Waals surface area contributed by atoms with Gasteiger partial charge in [-0.15, -0.1) is 0 Å². The molecule has 1 fully saturated rings. The van der Waals surface area contributed by atoms with Crippen molar-refractivity contribution in [3.8, 4) is 11.4 Å². The zero-order chi connectivity index (χ0) is 15.6. The Balaban J connectivity index is 1.91. The second kappa shape index (κ2) is 6.14. The van der Waals surface area contributed by atoms with Crippen LogP contribution in [0.15, 0.2) is 48.7 Å². The molecule has 0 bridgehead atoms. The van der Waals surface area contributed by atoms with E-state index >= 15 is 0 Å².